The summed E-state index contributed by atoms with van der Waals surface area (Å²) in [5, 5.41) is 5.87. The molecule has 6 heteroatoms. The standard InChI is InChI=1S/C13H14ClN3OS/c1-8(11-3-4-12(14)19-11)17-9-5-6-16-10(7-9)13(18)15-2/h3-8H,1-2H3,(H,15,18)(H,16,17). The van der Waals surface area contributed by atoms with Crippen LogP contribution in [-0.4, -0.2) is 17.9 Å². The molecule has 0 radical (unpaired) electrons. The molecule has 0 aliphatic heterocycles. The SMILES string of the molecule is CNC(=O)c1cc(NC(C)c2ccc(Cl)s2)ccn1. The van der Waals surface area contributed by atoms with Crippen molar-refractivity contribution < 1.29 is 4.79 Å². The van der Waals surface area contributed by atoms with Crippen molar-refractivity contribution in [3.63, 3.8) is 0 Å². The molecule has 100 valence electrons. The largest absolute Gasteiger partial charge is 0.378 e. The molecule has 0 saturated carbocycles. The number of carbonyl (C=O) groups excluding carboxylic acids is 1. The van der Waals surface area contributed by atoms with Gasteiger partial charge in [0.25, 0.3) is 5.91 Å². The molecule has 0 fully saturated rings. The summed E-state index contributed by atoms with van der Waals surface area (Å²) in [6, 6.07) is 7.55. The van der Waals surface area contributed by atoms with Gasteiger partial charge in [0.05, 0.1) is 10.4 Å². The molecule has 19 heavy (non-hydrogen) atoms. The Hall–Kier alpha value is -1.59. The van der Waals surface area contributed by atoms with Crippen molar-refractivity contribution in [2.45, 2.75) is 13.0 Å². The average Bonchev–Trinajstić information content (AvgIpc) is 2.85. The van der Waals surface area contributed by atoms with Crippen molar-refractivity contribution >= 4 is 34.5 Å². The number of nitrogens with zero attached hydrogens (tertiary/aromatic N) is 1. The number of anilines is 1. The molecule has 4 nitrogen and oxygen atoms in total. The molecular weight excluding hydrogens is 282 g/mol. The molecule has 2 N–H and O–H groups in total. The number of nitrogens with one attached hydrogen (secondary N) is 2. The van der Waals surface area contributed by atoms with Gasteiger partial charge in [-0.3, -0.25) is 9.78 Å². The van der Waals surface area contributed by atoms with Crippen molar-refractivity contribution in [2.75, 3.05) is 12.4 Å². The van der Waals surface area contributed by atoms with Crippen LogP contribution in [0.15, 0.2) is 30.5 Å². The van der Waals surface area contributed by atoms with E-state index in [2.05, 4.69) is 15.6 Å². The van der Waals surface area contributed by atoms with Gasteiger partial charge in [0.2, 0.25) is 0 Å². The van der Waals surface area contributed by atoms with Crippen molar-refractivity contribution in [3.05, 3.63) is 45.4 Å². The Morgan fingerprint density at radius 1 is 1.42 bits per heavy atom. The lowest BCUT2D eigenvalue weighted by atomic mass is 10.2. The zero-order valence-electron chi connectivity index (χ0n) is 10.6. The Kier molecular flexibility index (Phi) is 4.39. The van der Waals surface area contributed by atoms with E-state index in [1.165, 1.54) is 11.3 Å². The highest BCUT2D eigenvalue weighted by Crippen LogP contribution is 2.28. The van der Waals surface area contributed by atoms with E-state index >= 15 is 0 Å². The third-order valence-electron chi connectivity index (χ3n) is 2.62. The number of pyridine rings is 1. The molecule has 0 aliphatic carbocycles. The van der Waals surface area contributed by atoms with E-state index in [4.69, 9.17) is 11.6 Å². The first-order chi connectivity index (χ1) is 9.10. The molecule has 2 aromatic heterocycles. The maximum Gasteiger partial charge on any atom is 0.269 e. The van der Waals surface area contributed by atoms with E-state index in [1.54, 1.807) is 19.3 Å². The van der Waals surface area contributed by atoms with Crippen LogP contribution in [-0.2, 0) is 0 Å². The predicted octanol–water partition coefficient (Wildman–Crippen LogP) is 3.33. The Morgan fingerprint density at radius 3 is 2.84 bits per heavy atom. The van der Waals surface area contributed by atoms with Crippen molar-refractivity contribution in [3.8, 4) is 0 Å². The van der Waals surface area contributed by atoms with Crippen molar-refractivity contribution in [2.24, 2.45) is 0 Å². The van der Waals surface area contributed by atoms with Gasteiger partial charge in [-0.05, 0) is 31.2 Å². The second kappa shape index (κ2) is 6.04. The lowest BCUT2D eigenvalue weighted by Crippen LogP contribution is -2.19. The van der Waals surface area contributed by atoms with Gasteiger partial charge in [0.15, 0.2) is 0 Å². The van der Waals surface area contributed by atoms with Gasteiger partial charge in [0, 0.05) is 23.8 Å². The summed E-state index contributed by atoms with van der Waals surface area (Å²) < 4.78 is 0.768. The Bertz CT molecular complexity index is 585. The molecule has 2 rings (SSSR count). The summed E-state index contributed by atoms with van der Waals surface area (Å²) in [5.74, 6) is -0.199. The normalized spacial score (nSPS) is 11.9. The van der Waals surface area contributed by atoms with Gasteiger partial charge in [-0.1, -0.05) is 11.6 Å². The fraction of sp³-hybridized carbons (Fsp3) is 0.231. The quantitative estimate of drug-likeness (QED) is 0.910. The number of carbonyl (C=O) groups is 1. The third kappa shape index (κ3) is 3.45. The van der Waals surface area contributed by atoms with Gasteiger partial charge in [0.1, 0.15) is 5.69 Å². The Balaban J connectivity index is 2.12. The second-order valence-corrected chi connectivity index (χ2v) is 5.76. The molecule has 1 amide bonds. The zero-order chi connectivity index (χ0) is 13.8. The first-order valence-corrected chi connectivity index (χ1v) is 6.99. The van der Waals surface area contributed by atoms with Crippen LogP contribution in [0, 0.1) is 0 Å². The Morgan fingerprint density at radius 2 is 2.21 bits per heavy atom. The highest BCUT2D eigenvalue weighted by Gasteiger charge is 2.10. The summed E-state index contributed by atoms with van der Waals surface area (Å²) in [6.45, 7) is 2.04. The second-order valence-electron chi connectivity index (χ2n) is 4.02. The highest BCUT2D eigenvalue weighted by molar-refractivity contribution is 7.16. The van der Waals surface area contributed by atoms with Crippen molar-refractivity contribution in [1.29, 1.82) is 0 Å². The number of aromatic nitrogens is 1. The monoisotopic (exact) mass is 295 g/mol. The number of thiophene rings is 1. The summed E-state index contributed by atoms with van der Waals surface area (Å²) in [4.78, 5) is 16.7. The third-order valence-corrected chi connectivity index (χ3v) is 4.04. The van der Waals surface area contributed by atoms with Crippen LogP contribution in [0.3, 0.4) is 0 Å². The summed E-state index contributed by atoms with van der Waals surface area (Å²) >= 11 is 7.46. The van der Waals surface area contributed by atoms with E-state index in [1.807, 2.05) is 25.1 Å². The van der Waals surface area contributed by atoms with Crippen LogP contribution in [0.5, 0.6) is 0 Å². The minimum Gasteiger partial charge on any atom is -0.378 e. The first kappa shape index (κ1) is 13.8. The zero-order valence-corrected chi connectivity index (χ0v) is 12.2. The number of amides is 1. The van der Waals surface area contributed by atoms with E-state index in [0.717, 1.165) is 14.9 Å². The van der Waals surface area contributed by atoms with Crippen LogP contribution < -0.4 is 10.6 Å². The molecule has 1 unspecified atom stereocenters. The molecule has 2 heterocycles. The molecule has 0 saturated heterocycles. The van der Waals surface area contributed by atoms with E-state index < -0.39 is 0 Å². The fourth-order valence-corrected chi connectivity index (χ4v) is 2.72. The minimum atomic E-state index is -0.199. The molecular formula is C13H14ClN3OS. The van der Waals surface area contributed by atoms with Gasteiger partial charge < -0.3 is 10.6 Å². The van der Waals surface area contributed by atoms with Gasteiger partial charge in [-0.15, -0.1) is 11.3 Å². The first-order valence-electron chi connectivity index (χ1n) is 5.80. The van der Waals surface area contributed by atoms with E-state index in [-0.39, 0.29) is 11.9 Å². The predicted molar refractivity (Wildman–Crippen MR) is 79.0 cm³/mol. The molecule has 0 spiro atoms. The minimum absolute atomic E-state index is 0.123. The molecule has 0 aromatic carbocycles. The van der Waals surface area contributed by atoms with Crippen LogP contribution in [0.25, 0.3) is 0 Å². The number of halogens is 1. The van der Waals surface area contributed by atoms with Crippen molar-refractivity contribution in [1.82, 2.24) is 10.3 Å². The van der Waals surface area contributed by atoms with Crippen LogP contribution in [0.2, 0.25) is 4.34 Å². The maximum atomic E-state index is 11.5. The summed E-state index contributed by atoms with van der Waals surface area (Å²) in [6.07, 6.45) is 1.61. The number of rotatable bonds is 4. The maximum absolute atomic E-state index is 11.5. The smallest absolute Gasteiger partial charge is 0.269 e. The lowest BCUT2D eigenvalue weighted by Gasteiger charge is -2.14. The van der Waals surface area contributed by atoms with Crippen LogP contribution in [0.1, 0.15) is 28.3 Å². The van der Waals surface area contributed by atoms with Crippen LogP contribution in [0.4, 0.5) is 5.69 Å². The molecule has 2 aromatic rings. The molecule has 1 atom stereocenters. The fourth-order valence-electron chi connectivity index (χ4n) is 1.65. The van der Waals surface area contributed by atoms with Gasteiger partial charge in [-0.25, -0.2) is 0 Å². The molecule has 0 aliphatic rings. The highest BCUT2D eigenvalue weighted by atomic mass is 35.5. The van der Waals surface area contributed by atoms with Gasteiger partial charge in [-0.2, -0.15) is 0 Å². The Labute approximate surface area is 120 Å². The lowest BCUT2D eigenvalue weighted by molar-refractivity contribution is 0.0958. The number of hydrogen-bond acceptors (Lipinski definition) is 4. The number of hydrogen-bond donors (Lipinski definition) is 2. The summed E-state index contributed by atoms with van der Waals surface area (Å²) in [7, 11) is 1.58. The summed E-state index contributed by atoms with van der Waals surface area (Å²) in [5.41, 5.74) is 1.24. The van der Waals surface area contributed by atoms with E-state index in [0.29, 0.717) is 5.69 Å². The van der Waals surface area contributed by atoms with Crippen LogP contribution >= 0.6 is 22.9 Å². The topological polar surface area (TPSA) is 54.0 Å². The average molecular weight is 296 g/mol. The van der Waals surface area contributed by atoms with E-state index in [9.17, 15) is 4.79 Å². The van der Waals surface area contributed by atoms with Gasteiger partial charge >= 0.3 is 0 Å². The molecule has 0 bridgehead atoms.